The van der Waals surface area contributed by atoms with Gasteiger partial charge in [0.15, 0.2) is 5.82 Å². The second kappa shape index (κ2) is 9.94. The van der Waals surface area contributed by atoms with Crippen molar-refractivity contribution in [3.05, 3.63) is 77.1 Å². The number of nitrogens with zero attached hydrogens (tertiary/aromatic N) is 2. The maximum Gasteiger partial charge on any atom is 0.267 e. The molecular formula is C23H21N3O4. The summed E-state index contributed by atoms with van der Waals surface area (Å²) < 4.78 is 16.2. The van der Waals surface area contributed by atoms with E-state index in [9.17, 15) is 10.1 Å². The van der Waals surface area contributed by atoms with Crippen molar-refractivity contribution in [2.45, 2.75) is 13.8 Å². The van der Waals surface area contributed by atoms with Gasteiger partial charge in [0.2, 0.25) is 0 Å². The lowest BCUT2D eigenvalue weighted by atomic mass is 10.1. The SMILES string of the molecule is Cc1ccc(OCCOc2ccc(/C=C(/C#N)C(=O)Nc3cc(C)on3)cc2)cc1. The van der Waals surface area contributed by atoms with Crippen LogP contribution in [0.3, 0.4) is 0 Å². The minimum absolute atomic E-state index is 0.0455. The molecule has 0 fully saturated rings. The molecule has 7 heteroatoms. The molecule has 0 atom stereocenters. The molecule has 0 aliphatic heterocycles. The van der Waals surface area contributed by atoms with Crippen molar-refractivity contribution in [2.75, 3.05) is 18.5 Å². The molecule has 0 aliphatic rings. The molecule has 0 bridgehead atoms. The fourth-order valence-electron chi connectivity index (χ4n) is 2.54. The highest BCUT2D eigenvalue weighted by atomic mass is 16.5. The van der Waals surface area contributed by atoms with Gasteiger partial charge < -0.3 is 19.3 Å². The van der Waals surface area contributed by atoms with Crippen LogP contribution in [0.4, 0.5) is 5.82 Å². The van der Waals surface area contributed by atoms with Crippen LogP contribution in [0.25, 0.3) is 6.08 Å². The predicted molar refractivity (Wildman–Crippen MR) is 112 cm³/mol. The van der Waals surface area contributed by atoms with Crippen LogP contribution in [0.2, 0.25) is 0 Å². The number of anilines is 1. The Morgan fingerprint density at radius 2 is 1.67 bits per heavy atom. The van der Waals surface area contributed by atoms with E-state index in [1.165, 1.54) is 11.6 Å². The van der Waals surface area contributed by atoms with Gasteiger partial charge in [-0.15, -0.1) is 0 Å². The molecule has 2 aromatic carbocycles. The van der Waals surface area contributed by atoms with Gasteiger partial charge in [-0.1, -0.05) is 35.0 Å². The average molecular weight is 403 g/mol. The molecule has 30 heavy (non-hydrogen) atoms. The van der Waals surface area contributed by atoms with Crippen molar-refractivity contribution in [3.63, 3.8) is 0 Å². The first-order valence-electron chi connectivity index (χ1n) is 9.32. The van der Waals surface area contributed by atoms with Crippen LogP contribution < -0.4 is 14.8 Å². The highest BCUT2D eigenvalue weighted by Crippen LogP contribution is 2.16. The molecule has 0 spiro atoms. The summed E-state index contributed by atoms with van der Waals surface area (Å²) in [5.74, 6) is 1.73. The number of aromatic nitrogens is 1. The number of hydrogen-bond donors (Lipinski definition) is 1. The van der Waals surface area contributed by atoms with Crippen LogP contribution in [0, 0.1) is 25.2 Å². The fourth-order valence-corrected chi connectivity index (χ4v) is 2.54. The van der Waals surface area contributed by atoms with Gasteiger partial charge in [0.1, 0.15) is 42.1 Å². The maximum atomic E-state index is 12.2. The second-order valence-corrected chi connectivity index (χ2v) is 6.53. The minimum atomic E-state index is -0.556. The van der Waals surface area contributed by atoms with Gasteiger partial charge in [-0.25, -0.2) is 0 Å². The highest BCUT2D eigenvalue weighted by Gasteiger charge is 2.11. The number of carbonyl (C=O) groups excluding carboxylic acids is 1. The molecule has 0 aliphatic carbocycles. The van der Waals surface area contributed by atoms with Gasteiger partial charge >= 0.3 is 0 Å². The lowest BCUT2D eigenvalue weighted by molar-refractivity contribution is -0.112. The summed E-state index contributed by atoms with van der Waals surface area (Å²) in [5, 5.41) is 15.5. The standard InChI is InChI=1S/C23H21N3O4/c1-16-3-7-20(8-4-16)28-11-12-29-21-9-5-18(6-10-21)14-19(15-24)23(27)25-22-13-17(2)30-26-22/h3-10,13-14H,11-12H2,1-2H3,(H,25,26,27)/b19-14-. The summed E-state index contributed by atoms with van der Waals surface area (Å²) in [6, 6.07) is 18.4. The Labute approximate surface area is 174 Å². The van der Waals surface area contributed by atoms with Crippen LogP contribution in [-0.2, 0) is 4.79 Å². The Hall–Kier alpha value is -4.05. The van der Waals surface area contributed by atoms with Crippen LogP contribution in [0.5, 0.6) is 11.5 Å². The first kappa shape index (κ1) is 20.7. The number of nitriles is 1. The second-order valence-electron chi connectivity index (χ2n) is 6.53. The maximum absolute atomic E-state index is 12.2. The molecule has 7 nitrogen and oxygen atoms in total. The quantitative estimate of drug-likeness (QED) is 0.342. The van der Waals surface area contributed by atoms with Crippen molar-refractivity contribution >= 4 is 17.8 Å². The monoisotopic (exact) mass is 403 g/mol. The molecular weight excluding hydrogens is 382 g/mol. The van der Waals surface area contributed by atoms with E-state index in [1.807, 2.05) is 37.3 Å². The zero-order chi connectivity index (χ0) is 21.3. The minimum Gasteiger partial charge on any atom is -0.490 e. The molecule has 1 N–H and O–H groups in total. The number of hydrogen-bond acceptors (Lipinski definition) is 6. The van der Waals surface area contributed by atoms with Crippen molar-refractivity contribution in [3.8, 4) is 17.6 Å². The summed E-state index contributed by atoms with van der Waals surface area (Å²) in [5.41, 5.74) is 1.83. The van der Waals surface area contributed by atoms with E-state index in [2.05, 4.69) is 10.5 Å². The third-order valence-corrected chi connectivity index (χ3v) is 4.07. The van der Waals surface area contributed by atoms with Crippen molar-refractivity contribution in [1.82, 2.24) is 5.16 Å². The van der Waals surface area contributed by atoms with Gasteiger partial charge in [0.25, 0.3) is 5.91 Å². The summed E-state index contributed by atoms with van der Waals surface area (Å²) in [6.07, 6.45) is 1.49. The Morgan fingerprint density at radius 1 is 1.07 bits per heavy atom. The van der Waals surface area contributed by atoms with E-state index >= 15 is 0 Å². The Morgan fingerprint density at radius 3 is 2.20 bits per heavy atom. The summed E-state index contributed by atoms with van der Waals surface area (Å²) in [6.45, 7) is 4.55. The van der Waals surface area contributed by atoms with Crippen molar-refractivity contribution in [2.24, 2.45) is 0 Å². The Kier molecular flexibility index (Phi) is 6.85. The van der Waals surface area contributed by atoms with Crippen molar-refractivity contribution in [1.29, 1.82) is 5.26 Å². The lowest BCUT2D eigenvalue weighted by Crippen LogP contribution is -2.13. The van der Waals surface area contributed by atoms with Gasteiger partial charge in [-0.2, -0.15) is 5.26 Å². The number of aryl methyl sites for hydroxylation is 2. The molecule has 1 aromatic heterocycles. The van der Waals surface area contributed by atoms with E-state index in [0.29, 0.717) is 30.3 Å². The Balaban J connectivity index is 1.51. The van der Waals surface area contributed by atoms with E-state index in [4.69, 9.17) is 14.0 Å². The molecule has 0 saturated heterocycles. The first-order chi connectivity index (χ1) is 14.5. The smallest absolute Gasteiger partial charge is 0.267 e. The number of rotatable bonds is 8. The number of carbonyl (C=O) groups is 1. The molecule has 1 amide bonds. The molecule has 0 radical (unpaired) electrons. The van der Waals surface area contributed by atoms with Gasteiger partial charge in [-0.05, 0) is 49.8 Å². The number of nitrogens with one attached hydrogen (secondary N) is 1. The number of benzene rings is 2. The van der Waals surface area contributed by atoms with Crippen LogP contribution in [0.15, 0.2) is 64.7 Å². The third-order valence-electron chi connectivity index (χ3n) is 4.07. The molecule has 3 rings (SSSR count). The molecule has 152 valence electrons. The highest BCUT2D eigenvalue weighted by molar-refractivity contribution is 6.09. The summed E-state index contributed by atoms with van der Waals surface area (Å²) >= 11 is 0. The van der Waals surface area contributed by atoms with Crippen molar-refractivity contribution < 1.29 is 18.8 Å². The number of amides is 1. The number of ether oxygens (including phenoxy) is 2. The lowest BCUT2D eigenvalue weighted by Gasteiger charge is -2.09. The van der Waals surface area contributed by atoms with Crippen LogP contribution in [-0.4, -0.2) is 24.3 Å². The molecule has 0 saturated carbocycles. The van der Waals surface area contributed by atoms with E-state index < -0.39 is 5.91 Å². The zero-order valence-electron chi connectivity index (χ0n) is 16.7. The van der Waals surface area contributed by atoms with Gasteiger partial charge in [0, 0.05) is 6.07 Å². The summed E-state index contributed by atoms with van der Waals surface area (Å²) in [7, 11) is 0. The Bertz CT molecular complexity index is 1060. The molecule has 3 aromatic rings. The van der Waals surface area contributed by atoms with Gasteiger partial charge in [-0.3, -0.25) is 4.79 Å². The summed E-state index contributed by atoms with van der Waals surface area (Å²) in [4.78, 5) is 12.2. The zero-order valence-corrected chi connectivity index (χ0v) is 16.7. The van der Waals surface area contributed by atoms with E-state index in [1.54, 1.807) is 37.3 Å². The van der Waals surface area contributed by atoms with Crippen LogP contribution >= 0.6 is 0 Å². The predicted octanol–water partition coefficient (Wildman–Crippen LogP) is 4.29. The fraction of sp³-hybridized carbons (Fsp3) is 0.174. The molecule has 1 heterocycles. The third kappa shape index (κ3) is 5.97. The average Bonchev–Trinajstić information content (AvgIpc) is 3.16. The topological polar surface area (TPSA) is 97.4 Å². The normalized spacial score (nSPS) is 10.9. The molecule has 0 unspecified atom stereocenters. The first-order valence-corrected chi connectivity index (χ1v) is 9.32. The van der Waals surface area contributed by atoms with Crippen LogP contribution in [0.1, 0.15) is 16.9 Å². The van der Waals surface area contributed by atoms with Gasteiger partial charge in [0.05, 0.1) is 0 Å². The van der Waals surface area contributed by atoms with E-state index in [-0.39, 0.29) is 11.4 Å². The van der Waals surface area contributed by atoms with E-state index in [0.717, 1.165) is 5.75 Å². The largest absolute Gasteiger partial charge is 0.490 e.